The van der Waals surface area contributed by atoms with E-state index in [4.69, 9.17) is 5.73 Å². The number of rotatable bonds is 3. The van der Waals surface area contributed by atoms with Crippen LogP contribution in [0.15, 0.2) is 18.2 Å². The van der Waals surface area contributed by atoms with Gasteiger partial charge < -0.3 is 5.73 Å². The van der Waals surface area contributed by atoms with Crippen molar-refractivity contribution in [3.05, 3.63) is 23.8 Å². The highest BCUT2D eigenvalue weighted by molar-refractivity contribution is 5.63. The van der Waals surface area contributed by atoms with E-state index in [1.54, 1.807) is 18.2 Å². The molecule has 1 aromatic heterocycles. The predicted molar refractivity (Wildman–Crippen MR) is 67.8 cm³/mol. The molecule has 0 saturated heterocycles. The Morgan fingerprint density at radius 2 is 2.05 bits per heavy atom. The van der Waals surface area contributed by atoms with Crippen LogP contribution in [0.25, 0.3) is 11.4 Å². The Hall–Kier alpha value is -2.12. The summed E-state index contributed by atoms with van der Waals surface area (Å²) in [6.45, 7) is 3.26. The molecule has 0 fully saturated rings. The first-order chi connectivity index (χ1) is 9.28. The average Bonchev–Trinajstić information content (AvgIpc) is 2.79. The highest BCUT2D eigenvalue weighted by Crippen LogP contribution is 2.30. The number of benzene rings is 1. The number of nitrogens with two attached hydrogens (primary N) is 1. The Balaban J connectivity index is 2.35. The molecule has 0 spiro atoms. The van der Waals surface area contributed by atoms with Gasteiger partial charge in [0.2, 0.25) is 0 Å². The Morgan fingerprint density at radius 3 is 2.65 bits per heavy atom. The number of hydrogen-bond donors (Lipinski definition) is 1. The first-order valence-corrected chi connectivity index (χ1v) is 5.99. The van der Waals surface area contributed by atoms with E-state index >= 15 is 0 Å². The normalized spacial score (nSPS) is 13.4. The lowest BCUT2D eigenvalue weighted by atomic mass is 10.1. The third kappa shape index (κ3) is 3.06. The van der Waals surface area contributed by atoms with Crippen molar-refractivity contribution in [2.45, 2.75) is 32.5 Å². The molecule has 2 N–H and O–H groups in total. The van der Waals surface area contributed by atoms with Gasteiger partial charge in [0.05, 0.1) is 12.5 Å². The molecule has 0 bridgehead atoms. The van der Waals surface area contributed by atoms with Crippen LogP contribution < -0.4 is 5.73 Å². The Labute approximate surface area is 113 Å². The topological polar surface area (TPSA) is 69.6 Å². The number of aromatic nitrogens is 4. The van der Waals surface area contributed by atoms with Crippen LogP contribution in [0.3, 0.4) is 0 Å². The van der Waals surface area contributed by atoms with E-state index in [-0.39, 0.29) is 5.82 Å². The number of tetrazole rings is 1. The number of nitrogen functional groups attached to an aromatic ring is 1. The molecule has 1 atom stereocenters. The van der Waals surface area contributed by atoms with Crippen LogP contribution in [0.1, 0.15) is 24.9 Å². The number of aryl methyl sites for hydroxylation is 1. The number of alkyl halides is 3. The quantitative estimate of drug-likeness (QED) is 0.880. The fraction of sp³-hybridized carbons (Fsp3) is 0.417. The minimum atomic E-state index is -4.27. The fourth-order valence-electron chi connectivity index (χ4n) is 1.88. The number of hydrogen-bond acceptors (Lipinski definition) is 4. The third-order valence-corrected chi connectivity index (χ3v) is 2.97. The number of nitrogens with zero attached hydrogens (tertiary/aromatic N) is 4. The molecule has 0 aliphatic heterocycles. The van der Waals surface area contributed by atoms with Crippen LogP contribution in [0.2, 0.25) is 0 Å². The van der Waals surface area contributed by atoms with Gasteiger partial charge in [0, 0.05) is 11.3 Å². The largest absolute Gasteiger partial charge is 0.398 e. The smallest absolute Gasteiger partial charge is 0.391 e. The molecule has 2 rings (SSSR count). The highest BCUT2D eigenvalue weighted by atomic mass is 19.4. The van der Waals surface area contributed by atoms with Gasteiger partial charge in [0.1, 0.15) is 0 Å². The molecule has 1 heterocycles. The number of halogens is 3. The van der Waals surface area contributed by atoms with Crippen molar-refractivity contribution in [1.29, 1.82) is 0 Å². The summed E-state index contributed by atoms with van der Waals surface area (Å²) in [5.74, 6) is 0.272. The van der Waals surface area contributed by atoms with Gasteiger partial charge in [-0.2, -0.15) is 13.2 Å². The Morgan fingerprint density at radius 1 is 1.35 bits per heavy atom. The average molecular weight is 285 g/mol. The lowest BCUT2D eigenvalue weighted by molar-refractivity contribution is -0.142. The predicted octanol–water partition coefficient (Wildman–Crippen LogP) is 2.74. The maximum absolute atomic E-state index is 12.4. The monoisotopic (exact) mass is 285 g/mol. The van der Waals surface area contributed by atoms with E-state index < -0.39 is 18.6 Å². The fourth-order valence-corrected chi connectivity index (χ4v) is 1.88. The second-order valence-corrected chi connectivity index (χ2v) is 4.69. The summed E-state index contributed by atoms with van der Waals surface area (Å²) >= 11 is 0. The van der Waals surface area contributed by atoms with E-state index in [9.17, 15) is 13.2 Å². The van der Waals surface area contributed by atoms with Gasteiger partial charge in [-0.1, -0.05) is 12.1 Å². The zero-order valence-electron chi connectivity index (χ0n) is 11.0. The van der Waals surface area contributed by atoms with Crippen LogP contribution >= 0.6 is 0 Å². The molecule has 0 aliphatic carbocycles. The lowest BCUT2D eigenvalue weighted by Crippen LogP contribution is -2.18. The summed E-state index contributed by atoms with van der Waals surface area (Å²) in [5, 5.41) is 10.9. The van der Waals surface area contributed by atoms with Crippen LogP contribution in [0, 0.1) is 6.92 Å². The molecule has 0 aliphatic rings. The summed E-state index contributed by atoms with van der Waals surface area (Å²) < 4.78 is 38.5. The first-order valence-electron chi connectivity index (χ1n) is 5.99. The van der Waals surface area contributed by atoms with Gasteiger partial charge in [0.15, 0.2) is 5.82 Å². The maximum Gasteiger partial charge on any atom is 0.391 e. The third-order valence-electron chi connectivity index (χ3n) is 2.97. The molecule has 0 saturated carbocycles. The van der Waals surface area contributed by atoms with Crippen LogP contribution in [-0.4, -0.2) is 26.4 Å². The zero-order valence-corrected chi connectivity index (χ0v) is 11.0. The van der Waals surface area contributed by atoms with Gasteiger partial charge in [-0.25, -0.2) is 4.68 Å². The molecule has 0 amide bonds. The first kappa shape index (κ1) is 14.3. The summed E-state index contributed by atoms with van der Waals surface area (Å²) in [6, 6.07) is 4.27. The van der Waals surface area contributed by atoms with E-state index in [1.807, 2.05) is 6.92 Å². The van der Waals surface area contributed by atoms with Crippen LogP contribution in [0.5, 0.6) is 0 Å². The van der Waals surface area contributed by atoms with Crippen molar-refractivity contribution in [2.75, 3.05) is 5.73 Å². The van der Waals surface area contributed by atoms with Crippen LogP contribution in [-0.2, 0) is 0 Å². The SMILES string of the molecule is Cc1ccc(-c2nnnn2C(C)CC(F)(F)F)cc1N. The van der Waals surface area contributed by atoms with E-state index in [0.29, 0.717) is 11.3 Å². The summed E-state index contributed by atoms with van der Waals surface area (Å²) in [7, 11) is 0. The molecule has 20 heavy (non-hydrogen) atoms. The molecule has 5 nitrogen and oxygen atoms in total. The highest BCUT2D eigenvalue weighted by Gasteiger charge is 2.32. The van der Waals surface area contributed by atoms with Crippen molar-refractivity contribution in [2.24, 2.45) is 0 Å². The summed E-state index contributed by atoms with van der Waals surface area (Å²) in [5.41, 5.74) is 7.81. The molecular formula is C12H14F3N5. The standard InChI is InChI=1S/C12H14F3N5/c1-7-3-4-9(5-10(7)16)11-17-18-19-20(11)8(2)6-12(13,14)15/h3-5,8H,6,16H2,1-2H3. The second kappa shape index (κ2) is 5.10. The lowest BCUT2D eigenvalue weighted by Gasteiger charge is -2.15. The van der Waals surface area contributed by atoms with Crippen molar-refractivity contribution in [1.82, 2.24) is 20.2 Å². The van der Waals surface area contributed by atoms with Crippen LogP contribution in [0.4, 0.5) is 18.9 Å². The van der Waals surface area contributed by atoms with Crippen molar-refractivity contribution >= 4 is 5.69 Å². The number of anilines is 1. The van der Waals surface area contributed by atoms with Gasteiger partial charge in [-0.05, 0) is 35.9 Å². The summed E-state index contributed by atoms with van der Waals surface area (Å²) in [4.78, 5) is 0. The maximum atomic E-state index is 12.4. The molecule has 1 aromatic carbocycles. The van der Waals surface area contributed by atoms with E-state index in [1.165, 1.54) is 6.92 Å². The second-order valence-electron chi connectivity index (χ2n) is 4.69. The molecule has 1 unspecified atom stereocenters. The van der Waals surface area contributed by atoms with E-state index in [2.05, 4.69) is 15.5 Å². The minimum absolute atomic E-state index is 0.272. The van der Waals surface area contributed by atoms with Crippen molar-refractivity contribution < 1.29 is 13.2 Å². The van der Waals surface area contributed by atoms with Gasteiger partial charge >= 0.3 is 6.18 Å². The molecule has 8 heteroatoms. The van der Waals surface area contributed by atoms with Crippen molar-refractivity contribution in [3.63, 3.8) is 0 Å². The minimum Gasteiger partial charge on any atom is -0.398 e. The Kier molecular flexibility index (Phi) is 3.65. The molecule has 108 valence electrons. The molecule has 2 aromatic rings. The zero-order chi connectivity index (χ0) is 14.9. The summed E-state index contributed by atoms with van der Waals surface area (Å²) in [6.07, 6.45) is -5.26. The van der Waals surface area contributed by atoms with Gasteiger partial charge in [0.25, 0.3) is 0 Å². The van der Waals surface area contributed by atoms with Gasteiger partial charge in [-0.15, -0.1) is 5.10 Å². The van der Waals surface area contributed by atoms with E-state index in [0.717, 1.165) is 10.2 Å². The van der Waals surface area contributed by atoms with Gasteiger partial charge in [-0.3, -0.25) is 0 Å². The molecular weight excluding hydrogens is 271 g/mol. The molecule has 0 radical (unpaired) electrons. The Bertz CT molecular complexity index is 605. The van der Waals surface area contributed by atoms with Crippen molar-refractivity contribution in [3.8, 4) is 11.4 Å².